The summed E-state index contributed by atoms with van der Waals surface area (Å²) in [4.78, 5) is 39.0. The van der Waals surface area contributed by atoms with Crippen LogP contribution < -0.4 is 10.9 Å². The van der Waals surface area contributed by atoms with Crippen molar-refractivity contribution in [3.05, 3.63) is 112 Å². The molecule has 1 heterocycles. The van der Waals surface area contributed by atoms with E-state index in [1.165, 1.54) is 11.6 Å². The van der Waals surface area contributed by atoms with Crippen LogP contribution in [0, 0.1) is 0 Å². The first-order valence-corrected chi connectivity index (χ1v) is 11.6. The SMILES string of the molecule is Cn1c(C(=O)OCC(=O)Nc2cccc3ccccc23)c(-c2ccc(Cl)cc2)c2ccccc2c1=O. The second-order valence-corrected chi connectivity index (χ2v) is 8.73. The van der Waals surface area contributed by atoms with Gasteiger partial charge in [0.1, 0.15) is 5.69 Å². The summed E-state index contributed by atoms with van der Waals surface area (Å²) in [6.45, 7) is -0.511. The van der Waals surface area contributed by atoms with Crippen molar-refractivity contribution in [3.63, 3.8) is 0 Å². The number of nitrogens with zero attached hydrogens (tertiary/aromatic N) is 1. The smallest absolute Gasteiger partial charge is 0.356 e. The molecule has 6 nitrogen and oxygen atoms in total. The summed E-state index contributed by atoms with van der Waals surface area (Å²) in [5.74, 6) is -1.27. The van der Waals surface area contributed by atoms with Gasteiger partial charge in [-0.1, -0.05) is 78.3 Å². The number of aromatic nitrogens is 1. The van der Waals surface area contributed by atoms with Gasteiger partial charge in [-0.15, -0.1) is 0 Å². The Labute approximate surface area is 211 Å². The lowest BCUT2D eigenvalue weighted by molar-refractivity contribution is -0.119. The Bertz CT molecular complexity index is 1690. The van der Waals surface area contributed by atoms with Gasteiger partial charge >= 0.3 is 5.97 Å². The zero-order valence-electron chi connectivity index (χ0n) is 19.3. The fraction of sp³-hybridized carbons (Fsp3) is 0.0690. The molecular formula is C29H21ClN2O4. The van der Waals surface area contributed by atoms with Gasteiger partial charge in [0.15, 0.2) is 6.61 Å². The summed E-state index contributed by atoms with van der Waals surface area (Å²) < 4.78 is 6.67. The lowest BCUT2D eigenvalue weighted by Crippen LogP contribution is -2.28. The number of halogens is 1. The van der Waals surface area contributed by atoms with Gasteiger partial charge in [-0.05, 0) is 40.6 Å². The van der Waals surface area contributed by atoms with Crippen molar-refractivity contribution >= 4 is 50.7 Å². The number of amides is 1. The third-order valence-electron chi connectivity index (χ3n) is 6.03. The van der Waals surface area contributed by atoms with Crippen molar-refractivity contribution < 1.29 is 14.3 Å². The van der Waals surface area contributed by atoms with Gasteiger partial charge in [0.25, 0.3) is 11.5 Å². The maximum atomic E-state index is 13.3. The molecule has 0 bridgehead atoms. The number of carbonyl (C=O) groups excluding carboxylic acids is 2. The molecule has 0 aliphatic carbocycles. The van der Waals surface area contributed by atoms with Gasteiger partial charge in [-0.3, -0.25) is 9.59 Å². The van der Waals surface area contributed by atoms with Crippen LogP contribution in [0.1, 0.15) is 10.5 Å². The fourth-order valence-electron chi connectivity index (χ4n) is 4.33. The van der Waals surface area contributed by atoms with Crippen LogP contribution in [0.2, 0.25) is 5.02 Å². The van der Waals surface area contributed by atoms with E-state index < -0.39 is 18.5 Å². The molecule has 0 radical (unpaired) electrons. The Morgan fingerprint density at radius 2 is 1.47 bits per heavy atom. The zero-order chi connectivity index (χ0) is 25.2. The Kier molecular flexibility index (Phi) is 6.27. The van der Waals surface area contributed by atoms with E-state index in [0.717, 1.165) is 10.8 Å². The summed E-state index contributed by atoms with van der Waals surface area (Å²) in [7, 11) is 1.51. The highest BCUT2D eigenvalue weighted by atomic mass is 35.5. The number of hydrogen-bond donors (Lipinski definition) is 1. The van der Waals surface area contributed by atoms with E-state index in [1.54, 1.807) is 54.6 Å². The van der Waals surface area contributed by atoms with Crippen molar-refractivity contribution in [2.45, 2.75) is 0 Å². The molecule has 0 aliphatic rings. The number of carbonyl (C=O) groups is 2. The third-order valence-corrected chi connectivity index (χ3v) is 6.28. The van der Waals surface area contributed by atoms with Gasteiger partial charge < -0.3 is 14.6 Å². The highest BCUT2D eigenvalue weighted by Gasteiger charge is 2.23. The summed E-state index contributed by atoms with van der Waals surface area (Å²) in [6, 6.07) is 27.3. The van der Waals surface area contributed by atoms with Crippen LogP contribution in [0.4, 0.5) is 5.69 Å². The average Bonchev–Trinajstić information content (AvgIpc) is 2.90. The molecule has 36 heavy (non-hydrogen) atoms. The second-order valence-electron chi connectivity index (χ2n) is 8.29. The first-order chi connectivity index (χ1) is 17.4. The monoisotopic (exact) mass is 496 g/mol. The molecule has 0 unspecified atom stereocenters. The molecule has 0 atom stereocenters. The number of anilines is 1. The van der Waals surface area contributed by atoms with E-state index in [1.807, 2.05) is 36.4 Å². The van der Waals surface area contributed by atoms with Crippen LogP contribution in [0.25, 0.3) is 32.7 Å². The number of pyridine rings is 1. The maximum absolute atomic E-state index is 13.3. The molecule has 1 N–H and O–H groups in total. The summed E-state index contributed by atoms with van der Waals surface area (Å²) in [6.07, 6.45) is 0. The lowest BCUT2D eigenvalue weighted by Gasteiger charge is -2.17. The molecular weight excluding hydrogens is 476 g/mol. The van der Waals surface area contributed by atoms with Crippen LogP contribution in [0.5, 0.6) is 0 Å². The molecule has 5 rings (SSSR count). The Morgan fingerprint density at radius 3 is 2.22 bits per heavy atom. The molecule has 178 valence electrons. The standard InChI is InChI=1S/C29H21ClN2O4/c1-32-27(26(19-13-15-20(30)16-14-19)22-10-4-5-11-23(22)28(32)34)29(35)36-17-25(33)31-24-12-6-8-18-7-2-3-9-21(18)24/h2-16H,17H2,1H3,(H,31,33). The fourth-order valence-corrected chi connectivity index (χ4v) is 4.46. The van der Waals surface area contributed by atoms with Crippen LogP contribution >= 0.6 is 11.6 Å². The van der Waals surface area contributed by atoms with Crippen LogP contribution in [-0.4, -0.2) is 23.1 Å². The number of hydrogen-bond acceptors (Lipinski definition) is 4. The Morgan fingerprint density at radius 1 is 0.833 bits per heavy atom. The molecule has 0 saturated heterocycles. The van der Waals surface area contributed by atoms with Gasteiger partial charge in [0.2, 0.25) is 0 Å². The predicted octanol–water partition coefficient (Wildman–Crippen LogP) is 5.81. The first kappa shape index (κ1) is 23.3. The summed E-state index contributed by atoms with van der Waals surface area (Å²) >= 11 is 6.07. The van der Waals surface area contributed by atoms with Gasteiger partial charge in [-0.25, -0.2) is 4.79 Å². The molecule has 7 heteroatoms. The molecule has 0 spiro atoms. The molecule has 1 aromatic heterocycles. The second kappa shape index (κ2) is 9.68. The number of benzene rings is 4. The summed E-state index contributed by atoms with van der Waals surface area (Å²) in [5.41, 5.74) is 1.56. The molecule has 0 fully saturated rings. The van der Waals surface area contributed by atoms with Crippen molar-refractivity contribution in [2.75, 3.05) is 11.9 Å². The van der Waals surface area contributed by atoms with E-state index in [9.17, 15) is 14.4 Å². The molecule has 4 aromatic carbocycles. The van der Waals surface area contributed by atoms with Crippen molar-refractivity contribution in [1.82, 2.24) is 4.57 Å². The molecule has 1 amide bonds. The van der Waals surface area contributed by atoms with E-state index in [-0.39, 0.29) is 11.3 Å². The molecule has 5 aromatic rings. The van der Waals surface area contributed by atoms with Crippen LogP contribution in [0.15, 0.2) is 95.8 Å². The Balaban J connectivity index is 1.48. The maximum Gasteiger partial charge on any atom is 0.356 e. The van der Waals surface area contributed by atoms with E-state index >= 15 is 0 Å². The van der Waals surface area contributed by atoms with E-state index in [0.29, 0.717) is 32.6 Å². The van der Waals surface area contributed by atoms with Crippen molar-refractivity contribution in [2.24, 2.45) is 7.05 Å². The summed E-state index contributed by atoms with van der Waals surface area (Å²) in [5, 5.41) is 6.27. The lowest BCUT2D eigenvalue weighted by atomic mass is 9.97. The largest absolute Gasteiger partial charge is 0.451 e. The van der Waals surface area contributed by atoms with Crippen LogP contribution in [0.3, 0.4) is 0 Å². The van der Waals surface area contributed by atoms with Gasteiger partial charge in [-0.2, -0.15) is 0 Å². The average molecular weight is 497 g/mol. The van der Waals surface area contributed by atoms with Crippen molar-refractivity contribution in [1.29, 1.82) is 0 Å². The normalized spacial score (nSPS) is 10.9. The first-order valence-electron chi connectivity index (χ1n) is 11.3. The highest BCUT2D eigenvalue weighted by Crippen LogP contribution is 2.32. The molecule has 0 saturated carbocycles. The number of fused-ring (bicyclic) bond motifs is 2. The number of esters is 1. The van der Waals surface area contributed by atoms with E-state index in [2.05, 4.69) is 5.32 Å². The third kappa shape index (κ3) is 4.34. The van der Waals surface area contributed by atoms with E-state index in [4.69, 9.17) is 16.3 Å². The minimum Gasteiger partial charge on any atom is -0.451 e. The predicted molar refractivity (Wildman–Crippen MR) is 142 cm³/mol. The zero-order valence-corrected chi connectivity index (χ0v) is 20.1. The van der Waals surface area contributed by atoms with Crippen LogP contribution in [-0.2, 0) is 16.6 Å². The minimum absolute atomic E-state index is 0.0546. The topological polar surface area (TPSA) is 77.4 Å². The van der Waals surface area contributed by atoms with Crippen molar-refractivity contribution in [3.8, 4) is 11.1 Å². The number of nitrogens with one attached hydrogen (secondary N) is 1. The Hall–Kier alpha value is -4.42. The molecule has 0 aliphatic heterocycles. The highest BCUT2D eigenvalue weighted by molar-refractivity contribution is 6.30. The quantitative estimate of drug-likeness (QED) is 0.312. The minimum atomic E-state index is -0.779. The van der Waals surface area contributed by atoms with Gasteiger partial charge in [0, 0.05) is 34.1 Å². The number of rotatable bonds is 5. The van der Waals surface area contributed by atoms with Gasteiger partial charge in [0.05, 0.1) is 0 Å². The number of ether oxygens (including phenoxy) is 1.